The van der Waals surface area contributed by atoms with Gasteiger partial charge in [0.25, 0.3) is 0 Å². The van der Waals surface area contributed by atoms with E-state index < -0.39 is 0 Å². The van der Waals surface area contributed by atoms with Gasteiger partial charge in [-0.05, 0) is 30.4 Å². The van der Waals surface area contributed by atoms with E-state index in [0.717, 1.165) is 24.8 Å². The predicted molar refractivity (Wildman–Crippen MR) is 71.3 cm³/mol. The highest BCUT2D eigenvalue weighted by molar-refractivity contribution is 5.79. The molecule has 0 bridgehead atoms. The first-order valence-electron chi connectivity index (χ1n) is 6.72. The fourth-order valence-electron chi connectivity index (χ4n) is 2.24. The van der Waals surface area contributed by atoms with E-state index in [2.05, 4.69) is 19.1 Å². The lowest BCUT2D eigenvalue weighted by Gasteiger charge is -2.21. The fourth-order valence-corrected chi connectivity index (χ4v) is 2.24. The van der Waals surface area contributed by atoms with Crippen molar-refractivity contribution in [2.45, 2.75) is 38.6 Å². The van der Waals surface area contributed by atoms with Crippen LogP contribution in [0.3, 0.4) is 0 Å². The van der Waals surface area contributed by atoms with Crippen LogP contribution in [0.5, 0.6) is 0 Å². The number of hydrogen-bond donors (Lipinski definition) is 1. The van der Waals surface area contributed by atoms with Gasteiger partial charge in [-0.3, -0.25) is 4.79 Å². The SMILES string of the molecule is CCc1cccc(CC(=O)N(CCO)C2CC2)c1. The summed E-state index contributed by atoms with van der Waals surface area (Å²) in [6.07, 6.45) is 3.61. The quantitative estimate of drug-likeness (QED) is 0.832. The predicted octanol–water partition coefficient (Wildman–Crippen LogP) is 1.77. The maximum atomic E-state index is 12.2. The van der Waals surface area contributed by atoms with Gasteiger partial charge in [-0.2, -0.15) is 0 Å². The van der Waals surface area contributed by atoms with Crippen molar-refractivity contribution < 1.29 is 9.90 Å². The van der Waals surface area contributed by atoms with Crippen molar-refractivity contribution in [3.8, 4) is 0 Å². The summed E-state index contributed by atoms with van der Waals surface area (Å²) in [5, 5.41) is 9.02. The molecule has 3 nitrogen and oxygen atoms in total. The molecule has 1 saturated carbocycles. The number of aliphatic hydroxyl groups is 1. The average Bonchev–Trinajstić information content (AvgIpc) is 3.20. The molecular weight excluding hydrogens is 226 g/mol. The molecule has 0 aliphatic heterocycles. The Kier molecular flexibility index (Phi) is 4.37. The van der Waals surface area contributed by atoms with Crippen LogP contribution in [0.2, 0.25) is 0 Å². The normalized spacial score (nSPS) is 14.6. The van der Waals surface area contributed by atoms with E-state index in [1.54, 1.807) is 0 Å². The van der Waals surface area contributed by atoms with E-state index in [1.807, 2.05) is 17.0 Å². The molecule has 3 heteroatoms. The van der Waals surface area contributed by atoms with Crippen LogP contribution in [-0.2, 0) is 17.6 Å². The Bertz CT molecular complexity index is 413. The molecule has 2 rings (SSSR count). The third-order valence-corrected chi connectivity index (χ3v) is 3.40. The van der Waals surface area contributed by atoms with Crippen LogP contribution < -0.4 is 0 Å². The fraction of sp³-hybridized carbons (Fsp3) is 0.533. The Morgan fingerprint density at radius 3 is 2.72 bits per heavy atom. The summed E-state index contributed by atoms with van der Waals surface area (Å²) in [7, 11) is 0. The number of rotatable bonds is 6. The van der Waals surface area contributed by atoms with Crippen LogP contribution in [0.25, 0.3) is 0 Å². The van der Waals surface area contributed by atoms with Crippen LogP contribution in [0.1, 0.15) is 30.9 Å². The second kappa shape index (κ2) is 6.01. The van der Waals surface area contributed by atoms with Crippen LogP contribution in [-0.4, -0.2) is 35.1 Å². The molecule has 1 aliphatic rings. The molecule has 0 heterocycles. The lowest BCUT2D eigenvalue weighted by Crippen LogP contribution is -2.36. The first kappa shape index (κ1) is 13.1. The Labute approximate surface area is 108 Å². The van der Waals surface area contributed by atoms with Gasteiger partial charge < -0.3 is 10.0 Å². The highest BCUT2D eigenvalue weighted by Gasteiger charge is 2.31. The average molecular weight is 247 g/mol. The van der Waals surface area contributed by atoms with Gasteiger partial charge in [0.2, 0.25) is 5.91 Å². The molecule has 1 aromatic carbocycles. The Morgan fingerprint density at radius 1 is 1.39 bits per heavy atom. The Balaban J connectivity index is 2.00. The zero-order chi connectivity index (χ0) is 13.0. The molecule has 0 atom stereocenters. The van der Waals surface area contributed by atoms with Crippen molar-refractivity contribution in [2.24, 2.45) is 0 Å². The highest BCUT2D eigenvalue weighted by atomic mass is 16.3. The van der Waals surface area contributed by atoms with Crippen molar-refractivity contribution in [2.75, 3.05) is 13.2 Å². The number of aryl methyl sites for hydroxylation is 1. The molecule has 1 N–H and O–H groups in total. The number of carbonyl (C=O) groups excluding carboxylic acids is 1. The molecule has 0 spiro atoms. The number of hydrogen-bond acceptors (Lipinski definition) is 2. The van der Waals surface area contributed by atoms with Crippen molar-refractivity contribution >= 4 is 5.91 Å². The van der Waals surface area contributed by atoms with Crippen molar-refractivity contribution in [3.63, 3.8) is 0 Å². The summed E-state index contributed by atoms with van der Waals surface area (Å²) in [4.78, 5) is 14.0. The number of benzene rings is 1. The summed E-state index contributed by atoms with van der Waals surface area (Å²) >= 11 is 0. The minimum Gasteiger partial charge on any atom is -0.395 e. The molecule has 0 radical (unpaired) electrons. The second-order valence-electron chi connectivity index (χ2n) is 4.89. The standard InChI is InChI=1S/C15H21NO2/c1-2-12-4-3-5-13(10-12)11-15(18)16(8-9-17)14-6-7-14/h3-5,10,14,17H,2,6-9,11H2,1H3. The molecule has 1 fully saturated rings. The van der Waals surface area contributed by atoms with Crippen molar-refractivity contribution in [3.05, 3.63) is 35.4 Å². The van der Waals surface area contributed by atoms with Crippen LogP contribution in [0, 0.1) is 0 Å². The van der Waals surface area contributed by atoms with Gasteiger partial charge in [-0.15, -0.1) is 0 Å². The third-order valence-electron chi connectivity index (χ3n) is 3.40. The van der Waals surface area contributed by atoms with Gasteiger partial charge in [0.15, 0.2) is 0 Å². The molecule has 1 aliphatic carbocycles. The van der Waals surface area contributed by atoms with Crippen LogP contribution in [0.15, 0.2) is 24.3 Å². The zero-order valence-corrected chi connectivity index (χ0v) is 10.9. The lowest BCUT2D eigenvalue weighted by atomic mass is 10.1. The smallest absolute Gasteiger partial charge is 0.227 e. The highest BCUT2D eigenvalue weighted by Crippen LogP contribution is 2.27. The van der Waals surface area contributed by atoms with Gasteiger partial charge in [-0.25, -0.2) is 0 Å². The first-order valence-corrected chi connectivity index (χ1v) is 6.72. The van der Waals surface area contributed by atoms with Gasteiger partial charge in [0.05, 0.1) is 13.0 Å². The van der Waals surface area contributed by atoms with Gasteiger partial charge in [0.1, 0.15) is 0 Å². The molecule has 1 aromatic rings. The molecular formula is C15H21NO2. The van der Waals surface area contributed by atoms with Crippen molar-refractivity contribution in [1.29, 1.82) is 0 Å². The maximum Gasteiger partial charge on any atom is 0.227 e. The Hall–Kier alpha value is -1.35. The van der Waals surface area contributed by atoms with Gasteiger partial charge in [-0.1, -0.05) is 31.2 Å². The van der Waals surface area contributed by atoms with Crippen LogP contribution >= 0.6 is 0 Å². The monoisotopic (exact) mass is 247 g/mol. The lowest BCUT2D eigenvalue weighted by molar-refractivity contribution is -0.131. The number of nitrogens with zero attached hydrogens (tertiary/aromatic N) is 1. The van der Waals surface area contributed by atoms with Gasteiger partial charge in [0, 0.05) is 12.6 Å². The summed E-state index contributed by atoms with van der Waals surface area (Å²) in [6.45, 7) is 2.64. The van der Waals surface area contributed by atoms with Crippen molar-refractivity contribution in [1.82, 2.24) is 4.90 Å². The van der Waals surface area contributed by atoms with E-state index in [1.165, 1.54) is 5.56 Å². The van der Waals surface area contributed by atoms with Gasteiger partial charge >= 0.3 is 0 Å². The molecule has 18 heavy (non-hydrogen) atoms. The van der Waals surface area contributed by atoms with E-state index in [9.17, 15) is 4.79 Å². The van der Waals surface area contributed by atoms with E-state index >= 15 is 0 Å². The molecule has 98 valence electrons. The first-order chi connectivity index (χ1) is 8.74. The number of amides is 1. The molecule has 0 saturated heterocycles. The Morgan fingerprint density at radius 2 is 2.11 bits per heavy atom. The molecule has 0 aromatic heterocycles. The summed E-state index contributed by atoms with van der Waals surface area (Å²) < 4.78 is 0. The second-order valence-corrected chi connectivity index (χ2v) is 4.89. The minimum atomic E-state index is 0.0528. The number of carbonyl (C=O) groups is 1. The van der Waals surface area contributed by atoms with Crippen LogP contribution in [0.4, 0.5) is 0 Å². The third kappa shape index (κ3) is 3.33. The summed E-state index contributed by atoms with van der Waals surface area (Å²) in [5.74, 6) is 0.139. The van der Waals surface area contributed by atoms with E-state index in [4.69, 9.17) is 5.11 Å². The summed E-state index contributed by atoms with van der Waals surface area (Å²) in [5.41, 5.74) is 2.34. The molecule has 0 unspecified atom stereocenters. The maximum absolute atomic E-state index is 12.2. The largest absolute Gasteiger partial charge is 0.395 e. The topological polar surface area (TPSA) is 40.5 Å². The summed E-state index contributed by atoms with van der Waals surface area (Å²) in [6, 6.07) is 8.57. The number of aliphatic hydroxyl groups excluding tert-OH is 1. The zero-order valence-electron chi connectivity index (χ0n) is 10.9. The minimum absolute atomic E-state index is 0.0528. The molecule has 1 amide bonds. The van der Waals surface area contributed by atoms with E-state index in [0.29, 0.717) is 19.0 Å². The van der Waals surface area contributed by atoms with E-state index in [-0.39, 0.29) is 12.5 Å².